The molecule has 2 unspecified atom stereocenters. The van der Waals surface area contributed by atoms with E-state index in [0.29, 0.717) is 18.7 Å². The van der Waals surface area contributed by atoms with E-state index < -0.39 is 6.04 Å². The van der Waals surface area contributed by atoms with E-state index in [1.807, 2.05) is 24.0 Å². The summed E-state index contributed by atoms with van der Waals surface area (Å²) in [6, 6.07) is 10.9. The monoisotopic (exact) mass is 268 g/mol. The lowest BCUT2D eigenvalue weighted by molar-refractivity contribution is -0.122. The van der Waals surface area contributed by atoms with E-state index in [-0.39, 0.29) is 18.2 Å². The van der Waals surface area contributed by atoms with Gasteiger partial charge in [0.15, 0.2) is 0 Å². The van der Waals surface area contributed by atoms with Crippen LogP contribution in [0.15, 0.2) is 24.3 Å². The van der Waals surface area contributed by atoms with Crippen LogP contribution in [0.2, 0.25) is 0 Å². The van der Waals surface area contributed by atoms with Crippen LogP contribution in [0.1, 0.15) is 18.9 Å². The Labute approximate surface area is 118 Å². The molecule has 1 aromatic carbocycles. The molecule has 5 nitrogen and oxygen atoms in total. The lowest BCUT2D eigenvalue weighted by Crippen LogP contribution is -2.44. The molecule has 1 fully saturated rings. The molecule has 1 aliphatic heterocycles. The summed E-state index contributed by atoms with van der Waals surface area (Å²) in [6.07, 6.45) is 0.109. The predicted molar refractivity (Wildman–Crippen MR) is 74.7 cm³/mol. The number of nitrogens with one attached hydrogen (secondary N) is 1. The van der Waals surface area contributed by atoms with Gasteiger partial charge in [0.05, 0.1) is 23.7 Å². The average Bonchev–Trinajstić information content (AvgIpc) is 2.61. The maximum atomic E-state index is 12.1. The minimum absolute atomic E-state index is 0.109. The molecule has 0 aromatic heterocycles. The number of amides is 1. The third-order valence-corrected chi connectivity index (χ3v) is 3.43. The molecule has 0 aliphatic carbocycles. The molecule has 2 atom stereocenters. The zero-order valence-corrected chi connectivity index (χ0v) is 11.3. The van der Waals surface area contributed by atoms with E-state index in [4.69, 9.17) is 5.26 Å². The second-order valence-corrected chi connectivity index (χ2v) is 5.01. The molecule has 102 valence electrons. The Morgan fingerprint density at radius 2 is 2.15 bits per heavy atom. The Morgan fingerprint density at radius 3 is 2.85 bits per heavy atom. The van der Waals surface area contributed by atoms with Crippen LogP contribution in [0.5, 0.6) is 0 Å². The Kier molecular flexibility index (Phi) is 4.22. The summed E-state index contributed by atoms with van der Waals surface area (Å²) >= 11 is 0. The number of rotatable bonds is 2. The molecule has 1 N–H and O–H groups in total. The standard InChI is InChI=1S/C15H16N4O/c1-11-9-18-15(20)14(6-7-16)19(10-11)13-5-3-2-4-12(13)8-17/h2-5,11,14H,6,9-10H2,1H3,(H,18,20). The fourth-order valence-corrected chi connectivity index (χ4v) is 2.44. The van der Waals surface area contributed by atoms with Gasteiger partial charge in [0.1, 0.15) is 12.1 Å². The summed E-state index contributed by atoms with van der Waals surface area (Å²) in [5.41, 5.74) is 1.25. The lowest BCUT2D eigenvalue weighted by atomic mass is 10.1. The van der Waals surface area contributed by atoms with Gasteiger partial charge in [-0.1, -0.05) is 19.1 Å². The van der Waals surface area contributed by atoms with Crippen molar-refractivity contribution in [3.63, 3.8) is 0 Å². The van der Waals surface area contributed by atoms with Crippen molar-refractivity contribution in [2.45, 2.75) is 19.4 Å². The number of carbonyl (C=O) groups excluding carboxylic acids is 1. The third kappa shape index (κ3) is 2.73. The number of carbonyl (C=O) groups is 1. The molecular formula is C15H16N4O. The highest BCUT2D eigenvalue weighted by atomic mass is 16.2. The van der Waals surface area contributed by atoms with E-state index in [9.17, 15) is 10.1 Å². The molecule has 1 aromatic rings. The molecule has 0 spiro atoms. The largest absolute Gasteiger partial charge is 0.357 e. The average molecular weight is 268 g/mol. The van der Waals surface area contributed by atoms with E-state index in [1.54, 1.807) is 12.1 Å². The highest BCUT2D eigenvalue weighted by Gasteiger charge is 2.31. The quantitative estimate of drug-likeness (QED) is 0.879. The Balaban J connectivity index is 2.45. The van der Waals surface area contributed by atoms with Crippen molar-refractivity contribution < 1.29 is 4.79 Å². The van der Waals surface area contributed by atoms with Crippen LogP contribution in [-0.2, 0) is 4.79 Å². The highest BCUT2D eigenvalue weighted by Crippen LogP contribution is 2.25. The first-order valence-electron chi connectivity index (χ1n) is 6.57. The Hall–Kier alpha value is -2.53. The Bertz CT molecular complexity index is 584. The lowest BCUT2D eigenvalue weighted by Gasteiger charge is -2.30. The van der Waals surface area contributed by atoms with Gasteiger partial charge in [-0.05, 0) is 18.1 Å². The second-order valence-electron chi connectivity index (χ2n) is 5.01. The van der Waals surface area contributed by atoms with Gasteiger partial charge in [0.25, 0.3) is 0 Å². The number of hydrogen-bond acceptors (Lipinski definition) is 4. The van der Waals surface area contributed by atoms with Crippen LogP contribution in [-0.4, -0.2) is 25.0 Å². The number of hydrogen-bond donors (Lipinski definition) is 1. The normalized spacial score (nSPS) is 22.4. The fraction of sp³-hybridized carbons (Fsp3) is 0.400. The van der Waals surface area contributed by atoms with Crippen molar-refractivity contribution in [1.82, 2.24) is 5.32 Å². The van der Waals surface area contributed by atoms with E-state index in [0.717, 1.165) is 5.69 Å². The van der Waals surface area contributed by atoms with Crippen LogP contribution in [0.25, 0.3) is 0 Å². The van der Waals surface area contributed by atoms with Crippen LogP contribution in [0.4, 0.5) is 5.69 Å². The van der Waals surface area contributed by atoms with Crippen molar-refractivity contribution in [3.05, 3.63) is 29.8 Å². The van der Waals surface area contributed by atoms with Gasteiger partial charge in [-0.15, -0.1) is 0 Å². The number of anilines is 1. The first kappa shape index (κ1) is 13.9. The van der Waals surface area contributed by atoms with Gasteiger partial charge in [0, 0.05) is 13.1 Å². The highest BCUT2D eigenvalue weighted by molar-refractivity contribution is 5.86. The van der Waals surface area contributed by atoms with E-state index in [1.165, 1.54) is 0 Å². The first-order valence-corrected chi connectivity index (χ1v) is 6.57. The minimum atomic E-state index is -0.542. The molecule has 1 saturated heterocycles. The summed E-state index contributed by atoms with van der Waals surface area (Å²) in [7, 11) is 0. The molecule has 0 saturated carbocycles. The molecular weight excluding hydrogens is 252 g/mol. The summed E-state index contributed by atoms with van der Waals surface area (Å²) < 4.78 is 0. The third-order valence-electron chi connectivity index (χ3n) is 3.43. The molecule has 0 bridgehead atoms. The molecule has 1 amide bonds. The van der Waals surface area contributed by atoms with Gasteiger partial charge in [-0.25, -0.2) is 0 Å². The zero-order valence-electron chi connectivity index (χ0n) is 11.3. The minimum Gasteiger partial charge on any atom is -0.357 e. The van der Waals surface area contributed by atoms with Gasteiger partial charge in [0.2, 0.25) is 5.91 Å². The summed E-state index contributed by atoms with van der Waals surface area (Å²) in [4.78, 5) is 14.0. The van der Waals surface area contributed by atoms with E-state index >= 15 is 0 Å². The number of nitriles is 2. The van der Waals surface area contributed by atoms with Crippen LogP contribution >= 0.6 is 0 Å². The molecule has 20 heavy (non-hydrogen) atoms. The van der Waals surface area contributed by atoms with Gasteiger partial charge < -0.3 is 10.2 Å². The first-order chi connectivity index (χ1) is 9.67. The fourth-order valence-electron chi connectivity index (χ4n) is 2.44. The molecule has 5 heteroatoms. The smallest absolute Gasteiger partial charge is 0.243 e. The summed E-state index contributed by atoms with van der Waals surface area (Å²) in [5.74, 6) is 0.109. The van der Waals surface area contributed by atoms with Crippen molar-refractivity contribution in [3.8, 4) is 12.1 Å². The van der Waals surface area contributed by atoms with Gasteiger partial charge in [-0.2, -0.15) is 10.5 Å². The van der Waals surface area contributed by atoms with Crippen LogP contribution < -0.4 is 10.2 Å². The van der Waals surface area contributed by atoms with Gasteiger partial charge >= 0.3 is 0 Å². The molecule has 1 heterocycles. The molecule has 1 aliphatic rings. The zero-order chi connectivity index (χ0) is 14.5. The SMILES string of the molecule is CC1CNC(=O)C(CC#N)N(c2ccccc2C#N)C1. The van der Waals surface area contributed by atoms with Crippen LogP contribution in [0, 0.1) is 28.6 Å². The predicted octanol–water partition coefficient (Wildman–Crippen LogP) is 1.41. The maximum absolute atomic E-state index is 12.1. The van der Waals surface area contributed by atoms with Crippen molar-refractivity contribution in [2.24, 2.45) is 5.92 Å². The summed E-state index contributed by atoms with van der Waals surface area (Å²) in [6.45, 7) is 3.27. The van der Waals surface area contributed by atoms with E-state index in [2.05, 4.69) is 17.5 Å². The van der Waals surface area contributed by atoms with Crippen molar-refractivity contribution in [1.29, 1.82) is 10.5 Å². The number of nitrogens with zero attached hydrogens (tertiary/aromatic N) is 3. The maximum Gasteiger partial charge on any atom is 0.243 e. The molecule has 2 rings (SSSR count). The van der Waals surface area contributed by atoms with Crippen LogP contribution in [0.3, 0.4) is 0 Å². The molecule has 0 radical (unpaired) electrons. The topological polar surface area (TPSA) is 79.9 Å². The number of benzene rings is 1. The number of para-hydroxylation sites is 1. The van der Waals surface area contributed by atoms with Crippen molar-refractivity contribution >= 4 is 11.6 Å². The second kappa shape index (κ2) is 6.08. The Morgan fingerprint density at radius 1 is 1.40 bits per heavy atom. The van der Waals surface area contributed by atoms with Gasteiger partial charge in [-0.3, -0.25) is 4.79 Å². The summed E-state index contributed by atoms with van der Waals surface area (Å²) in [5, 5.41) is 21.0. The van der Waals surface area contributed by atoms with Crippen molar-refractivity contribution in [2.75, 3.05) is 18.0 Å².